The molecule has 0 spiro atoms. The fourth-order valence-corrected chi connectivity index (χ4v) is 2.97. The van der Waals surface area contributed by atoms with Crippen LogP contribution in [-0.4, -0.2) is 52.6 Å². The number of hydrogen-bond acceptors (Lipinski definition) is 2. The van der Waals surface area contributed by atoms with E-state index in [4.69, 9.17) is 5.11 Å². The Kier molecular flexibility index (Phi) is 4.24. The molecule has 0 radical (unpaired) electrons. The zero-order valence-electron chi connectivity index (χ0n) is 11.9. The molecule has 2 amide bonds. The Labute approximate surface area is 109 Å². The number of carbonyl (C=O) groups excluding carboxylic acids is 1. The van der Waals surface area contributed by atoms with Crippen molar-refractivity contribution < 1.29 is 14.7 Å². The van der Waals surface area contributed by atoms with Gasteiger partial charge in [0.15, 0.2) is 0 Å². The average molecular weight is 256 g/mol. The number of piperazine rings is 1. The highest BCUT2D eigenvalue weighted by atomic mass is 16.4. The van der Waals surface area contributed by atoms with E-state index in [0.29, 0.717) is 19.0 Å². The second kappa shape index (κ2) is 5.16. The Morgan fingerprint density at radius 3 is 2.17 bits per heavy atom. The van der Waals surface area contributed by atoms with Crippen LogP contribution in [0.3, 0.4) is 0 Å². The van der Waals surface area contributed by atoms with Crippen molar-refractivity contribution in [2.75, 3.05) is 19.6 Å². The fraction of sp³-hybridized carbons (Fsp3) is 0.846. The average Bonchev–Trinajstić information content (AvgIpc) is 2.17. The van der Waals surface area contributed by atoms with Crippen LogP contribution < -0.4 is 0 Å². The van der Waals surface area contributed by atoms with Crippen molar-refractivity contribution in [1.82, 2.24) is 9.80 Å². The largest absolute Gasteiger partial charge is 0.465 e. The van der Waals surface area contributed by atoms with Crippen molar-refractivity contribution >= 4 is 12.0 Å². The molecule has 1 heterocycles. The van der Waals surface area contributed by atoms with Gasteiger partial charge in [-0.05, 0) is 11.3 Å². The molecule has 5 nitrogen and oxygen atoms in total. The molecule has 5 heteroatoms. The van der Waals surface area contributed by atoms with E-state index in [9.17, 15) is 9.59 Å². The Morgan fingerprint density at radius 2 is 1.83 bits per heavy atom. The maximum Gasteiger partial charge on any atom is 0.407 e. The van der Waals surface area contributed by atoms with Crippen molar-refractivity contribution in [2.24, 2.45) is 11.3 Å². The third-order valence-electron chi connectivity index (χ3n) is 3.38. The maximum atomic E-state index is 12.1. The lowest BCUT2D eigenvalue weighted by Crippen LogP contribution is -2.59. The first-order chi connectivity index (χ1) is 8.14. The van der Waals surface area contributed by atoms with Crippen molar-refractivity contribution in [3.8, 4) is 0 Å². The molecule has 1 aliphatic heterocycles. The van der Waals surface area contributed by atoms with Gasteiger partial charge in [-0.1, -0.05) is 34.6 Å². The molecule has 1 aliphatic rings. The summed E-state index contributed by atoms with van der Waals surface area (Å²) in [7, 11) is 0. The van der Waals surface area contributed by atoms with Gasteiger partial charge < -0.3 is 10.0 Å². The zero-order chi connectivity index (χ0) is 14.1. The molecule has 0 saturated carbocycles. The predicted molar refractivity (Wildman–Crippen MR) is 69.4 cm³/mol. The Balaban J connectivity index is 2.84. The Hall–Kier alpha value is -1.26. The van der Waals surface area contributed by atoms with Gasteiger partial charge >= 0.3 is 6.09 Å². The molecule has 1 atom stereocenters. The Morgan fingerprint density at radius 1 is 1.28 bits per heavy atom. The van der Waals surface area contributed by atoms with Crippen LogP contribution in [0.4, 0.5) is 4.79 Å². The standard InChI is InChI=1S/C13H24N2O3/c1-9(2)11(13(3,4)5)15-7-6-14(12(17)18)8-10(15)16/h9,11H,6-8H2,1-5H3,(H,17,18). The lowest BCUT2D eigenvalue weighted by atomic mass is 9.79. The van der Waals surface area contributed by atoms with Gasteiger partial charge in [-0.15, -0.1) is 0 Å². The van der Waals surface area contributed by atoms with Gasteiger partial charge in [0, 0.05) is 19.1 Å². The summed E-state index contributed by atoms with van der Waals surface area (Å²) in [5.41, 5.74) is -0.00474. The first kappa shape index (κ1) is 14.8. The van der Waals surface area contributed by atoms with Crippen LogP contribution >= 0.6 is 0 Å². The fourth-order valence-electron chi connectivity index (χ4n) is 2.97. The van der Waals surface area contributed by atoms with Gasteiger partial charge in [0.05, 0.1) is 0 Å². The molecule has 1 unspecified atom stereocenters. The molecule has 0 bridgehead atoms. The van der Waals surface area contributed by atoms with E-state index in [1.165, 1.54) is 4.90 Å². The molecule has 18 heavy (non-hydrogen) atoms. The van der Waals surface area contributed by atoms with E-state index in [0.717, 1.165) is 0 Å². The molecule has 1 rings (SSSR count). The molecular weight excluding hydrogens is 232 g/mol. The molecule has 0 aromatic heterocycles. The molecule has 0 aromatic carbocycles. The van der Waals surface area contributed by atoms with Crippen LogP contribution in [0.15, 0.2) is 0 Å². The molecule has 1 N–H and O–H groups in total. The number of hydrogen-bond donors (Lipinski definition) is 1. The second-order valence-electron chi connectivity index (χ2n) is 6.35. The van der Waals surface area contributed by atoms with E-state index < -0.39 is 6.09 Å². The first-order valence-electron chi connectivity index (χ1n) is 6.42. The summed E-state index contributed by atoms with van der Waals surface area (Å²) in [5, 5.41) is 8.91. The molecule has 1 saturated heterocycles. The van der Waals surface area contributed by atoms with Crippen LogP contribution in [0.1, 0.15) is 34.6 Å². The van der Waals surface area contributed by atoms with Crippen LogP contribution in [-0.2, 0) is 4.79 Å². The normalized spacial score (nSPS) is 19.3. The van der Waals surface area contributed by atoms with E-state index in [2.05, 4.69) is 34.6 Å². The highest BCUT2D eigenvalue weighted by Gasteiger charge is 2.38. The summed E-state index contributed by atoms with van der Waals surface area (Å²) in [6.45, 7) is 11.4. The molecule has 0 aliphatic carbocycles. The van der Waals surface area contributed by atoms with E-state index >= 15 is 0 Å². The van der Waals surface area contributed by atoms with Gasteiger partial charge in [-0.25, -0.2) is 4.79 Å². The topological polar surface area (TPSA) is 60.9 Å². The lowest BCUT2D eigenvalue weighted by molar-refractivity contribution is -0.142. The van der Waals surface area contributed by atoms with Crippen LogP contribution in [0.2, 0.25) is 0 Å². The second-order valence-corrected chi connectivity index (χ2v) is 6.35. The summed E-state index contributed by atoms with van der Waals surface area (Å²) in [6, 6.07) is 0.140. The van der Waals surface area contributed by atoms with E-state index in [1.54, 1.807) is 0 Å². The summed E-state index contributed by atoms with van der Waals surface area (Å²) in [6.07, 6.45) is -1.01. The van der Waals surface area contributed by atoms with Gasteiger partial charge in [-0.2, -0.15) is 0 Å². The van der Waals surface area contributed by atoms with Gasteiger partial charge in [0.25, 0.3) is 0 Å². The number of carboxylic acid groups (broad SMARTS) is 1. The maximum absolute atomic E-state index is 12.1. The number of nitrogens with zero attached hydrogens (tertiary/aromatic N) is 2. The summed E-state index contributed by atoms with van der Waals surface area (Å²) < 4.78 is 0. The minimum atomic E-state index is -1.01. The number of rotatable bonds is 2. The van der Waals surface area contributed by atoms with Crippen molar-refractivity contribution in [3.63, 3.8) is 0 Å². The minimum Gasteiger partial charge on any atom is -0.465 e. The van der Waals surface area contributed by atoms with E-state index in [1.807, 2.05) is 4.90 Å². The number of carbonyl (C=O) groups is 2. The molecule has 104 valence electrons. The molecular formula is C13H24N2O3. The lowest BCUT2D eigenvalue weighted by Gasteiger charge is -2.46. The van der Waals surface area contributed by atoms with E-state index in [-0.39, 0.29) is 23.9 Å². The zero-order valence-corrected chi connectivity index (χ0v) is 11.9. The number of amides is 2. The summed E-state index contributed by atoms with van der Waals surface area (Å²) >= 11 is 0. The van der Waals surface area contributed by atoms with Crippen molar-refractivity contribution in [2.45, 2.75) is 40.7 Å². The third kappa shape index (κ3) is 3.15. The van der Waals surface area contributed by atoms with Crippen LogP contribution in [0.5, 0.6) is 0 Å². The van der Waals surface area contributed by atoms with Gasteiger partial charge in [0.1, 0.15) is 6.54 Å². The van der Waals surface area contributed by atoms with Gasteiger partial charge in [0.2, 0.25) is 5.91 Å². The molecule has 1 fully saturated rings. The SMILES string of the molecule is CC(C)C(N1CCN(C(=O)O)CC1=O)C(C)(C)C. The Bertz CT molecular complexity index is 334. The highest BCUT2D eigenvalue weighted by Crippen LogP contribution is 2.31. The van der Waals surface area contributed by atoms with Crippen molar-refractivity contribution in [1.29, 1.82) is 0 Å². The molecule has 0 aromatic rings. The summed E-state index contributed by atoms with van der Waals surface area (Å²) in [5.74, 6) is 0.266. The summed E-state index contributed by atoms with van der Waals surface area (Å²) in [4.78, 5) is 26.0. The van der Waals surface area contributed by atoms with Crippen LogP contribution in [0, 0.1) is 11.3 Å². The monoisotopic (exact) mass is 256 g/mol. The highest BCUT2D eigenvalue weighted by molar-refractivity contribution is 5.83. The quantitative estimate of drug-likeness (QED) is 0.820. The third-order valence-corrected chi connectivity index (χ3v) is 3.38. The smallest absolute Gasteiger partial charge is 0.407 e. The minimum absolute atomic E-state index is 0.00474. The predicted octanol–water partition coefficient (Wildman–Crippen LogP) is 1.88. The van der Waals surface area contributed by atoms with Gasteiger partial charge in [-0.3, -0.25) is 9.69 Å². The van der Waals surface area contributed by atoms with Crippen molar-refractivity contribution in [3.05, 3.63) is 0 Å². The van der Waals surface area contributed by atoms with Crippen LogP contribution in [0.25, 0.3) is 0 Å². The first-order valence-corrected chi connectivity index (χ1v) is 6.42.